The van der Waals surface area contributed by atoms with Gasteiger partial charge in [-0.3, -0.25) is 19.5 Å². The summed E-state index contributed by atoms with van der Waals surface area (Å²) in [7, 11) is 0. The van der Waals surface area contributed by atoms with E-state index in [4.69, 9.17) is 4.74 Å². The van der Waals surface area contributed by atoms with E-state index in [9.17, 15) is 9.59 Å². The molecule has 0 saturated carbocycles. The topological polar surface area (TPSA) is 62.7 Å². The Kier molecular flexibility index (Phi) is 7.55. The fourth-order valence-corrected chi connectivity index (χ4v) is 4.18. The van der Waals surface area contributed by atoms with Crippen LogP contribution in [-0.2, 0) is 20.7 Å². The summed E-state index contributed by atoms with van der Waals surface area (Å²) >= 11 is 1.49. The van der Waals surface area contributed by atoms with Crippen molar-refractivity contribution in [2.24, 2.45) is 0 Å². The molecule has 0 bridgehead atoms. The molecule has 0 aromatic carbocycles. The fraction of sp³-hybridized carbons (Fsp3) is 0.409. The summed E-state index contributed by atoms with van der Waals surface area (Å²) in [5.41, 5.74) is 2.20. The number of thiophene rings is 1. The third-order valence-corrected chi connectivity index (χ3v) is 5.79. The minimum atomic E-state index is -0.202. The number of nitrogens with zero attached hydrogens (tertiary/aromatic N) is 3. The van der Waals surface area contributed by atoms with Crippen LogP contribution in [0.15, 0.2) is 47.7 Å². The van der Waals surface area contributed by atoms with Crippen LogP contribution >= 0.6 is 11.3 Å². The first-order chi connectivity index (χ1) is 14.2. The van der Waals surface area contributed by atoms with Crippen molar-refractivity contribution >= 4 is 28.7 Å². The number of amides is 2. The van der Waals surface area contributed by atoms with Crippen molar-refractivity contribution in [1.29, 1.82) is 0 Å². The van der Waals surface area contributed by atoms with Crippen LogP contribution < -0.4 is 0 Å². The van der Waals surface area contributed by atoms with E-state index in [1.807, 2.05) is 48.4 Å². The van der Waals surface area contributed by atoms with E-state index in [0.29, 0.717) is 50.5 Å². The smallest absolute Gasteiger partial charge is 0.277 e. The highest BCUT2D eigenvalue weighted by atomic mass is 32.1. The van der Waals surface area contributed by atoms with E-state index in [1.165, 1.54) is 16.2 Å². The summed E-state index contributed by atoms with van der Waals surface area (Å²) in [6.07, 6.45) is 4.96. The molecule has 0 atom stereocenters. The average Bonchev–Trinajstić information content (AvgIpc) is 3.35. The summed E-state index contributed by atoms with van der Waals surface area (Å²) in [4.78, 5) is 34.7. The largest absolute Gasteiger partial charge is 0.382 e. The van der Waals surface area contributed by atoms with Crippen LogP contribution in [0.2, 0.25) is 0 Å². The van der Waals surface area contributed by atoms with Gasteiger partial charge in [0.15, 0.2) is 0 Å². The van der Waals surface area contributed by atoms with Crippen molar-refractivity contribution in [3.8, 4) is 0 Å². The number of ether oxygens (including phenoxy) is 1. The normalized spacial score (nSPS) is 14.2. The Balaban J connectivity index is 1.84. The van der Waals surface area contributed by atoms with Crippen molar-refractivity contribution in [2.45, 2.75) is 26.7 Å². The molecular weight excluding hydrogens is 386 g/mol. The number of hydrogen-bond acceptors (Lipinski definition) is 6. The minimum absolute atomic E-state index is 0.202. The lowest BCUT2D eigenvalue weighted by Gasteiger charge is -2.24. The molecule has 0 radical (unpaired) electrons. The zero-order chi connectivity index (χ0) is 20.6. The maximum Gasteiger partial charge on any atom is 0.277 e. The molecule has 3 heterocycles. The maximum absolute atomic E-state index is 13.3. The molecule has 1 aliphatic heterocycles. The molecule has 0 unspecified atom stereocenters. The molecule has 0 N–H and O–H groups in total. The van der Waals surface area contributed by atoms with Gasteiger partial charge in [0.05, 0.1) is 5.57 Å². The lowest BCUT2D eigenvalue weighted by Crippen LogP contribution is -2.36. The van der Waals surface area contributed by atoms with E-state index < -0.39 is 0 Å². The lowest BCUT2D eigenvalue weighted by atomic mass is 10.1. The van der Waals surface area contributed by atoms with E-state index in [-0.39, 0.29) is 11.8 Å². The predicted octanol–water partition coefficient (Wildman–Crippen LogP) is 3.21. The molecule has 1 aliphatic rings. The molecule has 2 amide bonds. The molecule has 2 aromatic rings. The number of carbonyl (C=O) groups excluding carboxylic acids is 2. The fourth-order valence-electron chi connectivity index (χ4n) is 3.41. The molecule has 0 aliphatic carbocycles. The van der Waals surface area contributed by atoms with Gasteiger partial charge < -0.3 is 9.64 Å². The molecule has 2 aromatic heterocycles. The van der Waals surface area contributed by atoms with Gasteiger partial charge in [-0.2, -0.15) is 0 Å². The zero-order valence-corrected chi connectivity index (χ0v) is 17.8. The van der Waals surface area contributed by atoms with E-state index >= 15 is 0 Å². The highest BCUT2D eigenvalue weighted by molar-refractivity contribution is 7.11. The molecule has 0 fully saturated rings. The number of pyridine rings is 1. The van der Waals surface area contributed by atoms with Crippen LogP contribution in [0.4, 0.5) is 0 Å². The number of carbonyl (C=O) groups is 2. The maximum atomic E-state index is 13.3. The van der Waals surface area contributed by atoms with Crippen LogP contribution in [0, 0.1) is 0 Å². The number of imide groups is 1. The van der Waals surface area contributed by atoms with Gasteiger partial charge in [0.2, 0.25) is 0 Å². The van der Waals surface area contributed by atoms with Crippen LogP contribution in [0.25, 0.3) is 5.57 Å². The number of rotatable bonds is 11. The minimum Gasteiger partial charge on any atom is -0.382 e. The SMILES string of the molecule is CCOCCCN1C(=O)C(c2cccs2)=C(N(CC)CCc2ccncc2)C1=O. The van der Waals surface area contributed by atoms with E-state index in [2.05, 4.69) is 4.98 Å². The molecule has 3 rings (SSSR count). The predicted molar refractivity (Wildman–Crippen MR) is 114 cm³/mol. The van der Waals surface area contributed by atoms with Crippen LogP contribution in [0.5, 0.6) is 0 Å². The lowest BCUT2D eigenvalue weighted by molar-refractivity contribution is -0.137. The quantitative estimate of drug-likeness (QED) is 0.418. The first-order valence-corrected chi connectivity index (χ1v) is 10.9. The van der Waals surface area contributed by atoms with Crippen molar-refractivity contribution in [3.05, 3.63) is 58.2 Å². The Bertz CT molecular complexity index is 849. The standard InChI is InChI=1S/C22H27N3O3S/c1-3-24(14-10-17-8-11-23-12-9-17)20-19(18-7-5-16-29-18)21(26)25(22(20)27)13-6-15-28-4-2/h5,7-9,11-12,16H,3-4,6,10,13-15H2,1-2H3. The van der Waals surface area contributed by atoms with E-state index in [1.54, 1.807) is 12.4 Å². The molecular formula is C22H27N3O3S. The molecule has 6 nitrogen and oxygen atoms in total. The summed E-state index contributed by atoms with van der Waals surface area (Å²) < 4.78 is 5.37. The van der Waals surface area contributed by atoms with Gasteiger partial charge in [-0.05, 0) is 55.8 Å². The van der Waals surface area contributed by atoms with Crippen LogP contribution in [0.3, 0.4) is 0 Å². The van der Waals surface area contributed by atoms with Gasteiger partial charge in [-0.25, -0.2) is 0 Å². The van der Waals surface area contributed by atoms with Crippen molar-refractivity contribution in [3.63, 3.8) is 0 Å². The third-order valence-electron chi connectivity index (χ3n) is 4.90. The van der Waals surface area contributed by atoms with Crippen molar-refractivity contribution in [2.75, 3.05) is 32.8 Å². The van der Waals surface area contributed by atoms with Crippen molar-refractivity contribution in [1.82, 2.24) is 14.8 Å². The summed E-state index contributed by atoms with van der Waals surface area (Å²) in [6, 6.07) is 7.77. The summed E-state index contributed by atoms with van der Waals surface area (Å²) in [6.45, 7) is 6.81. The van der Waals surface area contributed by atoms with Gasteiger partial charge in [0, 0.05) is 50.1 Å². The Labute approximate surface area is 175 Å². The van der Waals surface area contributed by atoms with Gasteiger partial charge in [0.25, 0.3) is 11.8 Å². The first-order valence-electron chi connectivity index (χ1n) is 10.0. The van der Waals surface area contributed by atoms with Gasteiger partial charge in [-0.1, -0.05) is 6.07 Å². The summed E-state index contributed by atoms with van der Waals surface area (Å²) in [5, 5.41) is 1.93. The Morgan fingerprint density at radius 3 is 2.59 bits per heavy atom. The van der Waals surface area contributed by atoms with Gasteiger partial charge in [-0.15, -0.1) is 11.3 Å². The highest BCUT2D eigenvalue weighted by Gasteiger charge is 2.41. The Morgan fingerprint density at radius 2 is 1.93 bits per heavy atom. The second kappa shape index (κ2) is 10.3. The Hall–Kier alpha value is -2.51. The van der Waals surface area contributed by atoms with E-state index in [0.717, 1.165) is 16.9 Å². The zero-order valence-electron chi connectivity index (χ0n) is 17.0. The number of hydrogen-bond donors (Lipinski definition) is 0. The molecule has 7 heteroatoms. The second-order valence-electron chi connectivity index (χ2n) is 6.70. The average molecular weight is 414 g/mol. The molecule has 154 valence electrons. The highest BCUT2D eigenvalue weighted by Crippen LogP contribution is 2.34. The molecule has 0 saturated heterocycles. The van der Waals surface area contributed by atoms with Crippen LogP contribution in [0.1, 0.15) is 30.7 Å². The van der Waals surface area contributed by atoms with Crippen LogP contribution in [-0.4, -0.2) is 59.4 Å². The van der Waals surface area contributed by atoms with Crippen molar-refractivity contribution < 1.29 is 14.3 Å². The third kappa shape index (κ3) is 4.92. The number of likely N-dealkylation sites (N-methyl/N-ethyl adjacent to an activating group) is 1. The number of aromatic nitrogens is 1. The summed E-state index contributed by atoms with van der Waals surface area (Å²) in [5.74, 6) is -0.405. The second-order valence-corrected chi connectivity index (χ2v) is 7.65. The van der Waals surface area contributed by atoms with Gasteiger partial charge >= 0.3 is 0 Å². The first kappa shape index (κ1) is 21.2. The molecule has 29 heavy (non-hydrogen) atoms. The molecule has 0 spiro atoms. The Morgan fingerprint density at radius 1 is 1.14 bits per heavy atom. The monoisotopic (exact) mass is 413 g/mol. The van der Waals surface area contributed by atoms with Gasteiger partial charge in [0.1, 0.15) is 5.70 Å².